The van der Waals surface area contributed by atoms with Crippen molar-refractivity contribution in [2.24, 2.45) is 23.2 Å². The molecule has 37 heavy (non-hydrogen) atoms. The molecule has 1 unspecified atom stereocenters. The minimum Gasteiger partial charge on any atom is -0.393 e. The van der Waals surface area contributed by atoms with Crippen LogP contribution < -0.4 is 16.0 Å². The fourth-order valence-electron chi connectivity index (χ4n) is 7.99. The van der Waals surface area contributed by atoms with E-state index in [1.807, 2.05) is 24.3 Å². The smallest absolute Gasteiger partial charge is 0.224 e. The second-order valence-electron chi connectivity index (χ2n) is 12.1. The van der Waals surface area contributed by atoms with Gasteiger partial charge in [0.2, 0.25) is 5.95 Å². The standard InChI is InChI=1S/C29H38N6OS/c30-14-22-16-32-28(31-15-19-3-1-2-4-25(19)37)35-27(22)33-17-29-11-18-9-20(12-29)26(21(10-18)13-29)34-23-5-7-24(36)8-6-23/h1-4,16,18,20-21,23-24,26,34,36-37H,5-13,15,17H2,(H2,31,32,33,35)/t18?,20-,21+,23?,24?,26-,29+. The number of thiol groups is 1. The Bertz CT molecular complexity index is 1140. The number of anilines is 2. The Kier molecular flexibility index (Phi) is 7.04. The molecule has 0 radical (unpaired) electrons. The molecule has 4 N–H and O–H groups in total. The number of nitriles is 1. The molecule has 5 aliphatic carbocycles. The number of nitrogens with one attached hydrogen (secondary N) is 3. The van der Waals surface area contributed by atoms with Gasteiger partial charge in [-0.3, -0.25) is 0 Å². The van der Waals surface area contributed by atoms with Gasteiger partial charge in [-0.1, -0.05) is 18.2 Å². The third-order valence-electron chi connectivity index (χ3n) is 9.49. The largest absolute Gasteiger partial charge is 0.393 e. The molecule has 1 heterocycles. The van der Waals surface area contributed by atoms with E-state index in [0.29, 0.717) is 36.0 Å². The summed E-state index contributed by atoms with van der Waals surface area (Å²) >= 11 is 4.53. The Balaban J connectivity index is 1.11. The van der Waals surface area contributed by atoms with Crippen molar-refractivity contribution < 1.29 is 5.11 Å². The Morgan fingerprint density at radius 1 is 1.05 bits per heavy atom. The van der Waals surface area contributed by atoms with E-state index in [4.69, 9.17) is 4.98 Å². The number of rotatable bonds is 8. The summed E-state index contributed by atoms with van der Waals surface area (Å²) in [5.74, 6) is 3.44. The molecule has 196 valence electrons. The maximum absolute atomic E-state index is 9.90. The van der Waals surface area contributed by atoms with E-state index in [1.54, 1.807) is 6.20 Å². The van der Waals surface area contributed by atoms with Crippen molar-refractivity contribution in [3.05, 3.63) is 41.6 Å². The molecule has 4 bridgehead atoms. The average Bonchev–Trinajstić information content (AvgIpc) is 2.90. The van der Waals surface area contributed by atoms with E-state index in [0.717, 1.165) is 60.4 Å². The Morgan fingerprint density at radius 2 is 1.81 bits per heavy atom. The quantitative estimate of drug-likeness (QED) is 0.321. The minimum atomic E-state index is -0.0968. The zero-order valence-electron chi connectivity index (χ0n) is 21.4. The summed E-state index contributed by atoms with van der Waals surface area (Å²) in [6.07, 6.45) is 12.1. The van der Waals surface area contributed by atoms with Crippen molar-refractivity contribution in [3.8, 4) is 6.07 Å². The summed E-state index contributed by atoms with van der Waals surface area (Å²) in [6.45, 7) is 1.44. The Hall–Kier alpha value is -2.34. The van der Waals surface area contributed by atoms with Crippen molar-refractivity contribution in [2.45, 2.75) is 87.4 Å². The fraction of sp³-hybridized carbons (Fsp3) is 0.621. The van der Waals surface area contributed by atoms with Crippen LogP contribution in [0, 0.1) is 34.5 Å². The normalized spacial score (nSPS) is 34.2. The van der Waals surface area contributed by atoms with Crippen LogP contribution in [0.4, 0.5) is 11.8 Å². The van der Waals surface area contributed by atoms with Gasteiger partial charge >= 0.3 is 0 Å². The maximum Gasteiger partial charge on any atom is 0.224 e. The molecular formula is C29H38N6OS. The van der Waals surface area contributed by atoms with E-state index < -0.39 is 0 Å². The Labute approximate surface area is 225 Å². The number of hydrogen-bond acceptors (Lipinski definition) is 8. The molecule has 2 aromatic rings. The summed E-state index contributed by atoms with van der Waals surface area (Å²) < 4.78 is 0. The van der Waals surface area contributed by atoms with Gasteiger partial charge in [-0.05, 0) is 92.6 Å². The lowest BCUT2D eigenvalue weighted by Gasteiger charge is -2.61. The number of benzene rings is 1. The van der Waals surface area contributed by atoms with Crippen molar-refractivity contribution >= 4 is 24.4 Å². The summed E-state index contributed by atoms with van der Waals surface area (Å²) in [5.41, 5.74) is 1.85. The first-order chi connectivity index (χ1) is 18.0. The fourth-order valence-corrected chi connectivity index (χ4v) is 8.23. The number of nitrogens with zero attached hydrogens (tertiary/aromatic N) is 3. The molecule has 5 fully saturated rings. The maximum atomic E-state index is 9.90. The molecule has 5 saturated carbocycles. The van der Waals surface area contributed by atoms with Crippen LogP contribution >= 0.6 is 12.6 Å². The first-order valence-corrected chi connectivity index (χ1v) is 14.4. The first-order valence-electron chi connectivity index (χ1n) is 14.0. The van der Waals surface area contributed by atoms with Crippen LogP contribution in [0.5, 0.6) is 0 Å². The molecule has 0 amide bonds. The summed E-state index contributed by atoms with van der Waals surface area (Å²) in [5, 5.41) is 30.5. The molecule has 5 atom stereocenters. The molecule has 0 spiro atoms. The van der Waals surface area contributed by atoms with Crippen molar-refractivity contribution in [2.75, 3.05) is 17.2 Å². The molecule has 8 heteroatoms. The number of aliphatic hydroxyl groups excluding tert-OH is 1. The van der Waals surface area contributed by atoms with Gasteiger partial charge in [0.05, 0.1) is 12.3 Å². The highest BCUT2D eigenvalue weighted by molar-refractivity contribution is 7.80. The molecule has 0 aliphatic heterocycles. The summed E-state index contributed by atoms with van der Waals surface area (Å²) in [6, 6.07) is 11.4. The van der Waals surface area contributed by atoms with Crippen LogP contribution in [-0.4, -0.2) is 39.8 Å². The molecule has 5 aliphatic rings. The lowest BCUT2D eigenvalue weighted by Crippen LogP contribution is -2.61. The van der Waals surface area contributed by atoms with Gasteiger partial charge in [-0.15, -0.1) is 12.6 Å². The van der Waals surface area contributed by atoms with Gasteiger partial charge in [0, 0.05) is 30.1 Å². The van der Waals surface area contributed by atoms with Crippen LogP contribution in [0.25, 0.3) is 0 Å². The third kappa shape index (κ3) is 5.32. The number of aromatic nitrogens is 2. The molecule has 7 rings (SSSR count). The summed E-state index contributed by atoms with van der Waals surface area (Å²) in [4.78, 5) is 9.98. The molecule has 1 aromatic carbocycles. The highest BCUT2D eigenvalue weighted by Gasteiger charge is 2.55. The predicted octanol–water partition coefficient (Wildman–Crippen LogP) is 4.75. The molecular weight excluding hydrogens is 480 g/mol. The van der Waals surface area contributed by atoms with Crippen molar-refractivity contribution in [1.29, 1.82) is 5.26 Å². The second-order valence-corrected chi connectivity index (χ2v) is 12.6. The van der Waals surface area contributed by atoms with Crippen LogP contribution in [0.2, 0.25) is 0 Å². The lowest BCUT2D eigenvalue weighted by atomic mass is 9.47. The van der Waals surface area contributed by atoms with E-state index in [1.165, 1.54) is 32.1 Å². The molecule has 7 nitrogen and oxygen atoms in total. The molecule has 1 aromatic heterocycles. The highest BCUT2D eigenvalue weighted by atomic mass is 32.1. The minimum absolute atomic E-state index is 0.0968. The summed E-state index contributed by atoms with van der Waals surface area (Å²) in [7, 11) is 0. The van der Waals surface area contributed by atoms with Gasteiger partial charge in [0.25, 0.3) is 0 Å². The number of aliphatic hydroxyl groups is 1. The van der Waals surface area contributed by atoms with Crippen LogP contribution in [0.15, 0.2) is 35.4 Å². The van der Waals surface area contributed by atoms with Crippen LogP contribution in [0.1, 0.15) is 68.9 Å². The average molecular weight is 519 g/mol. The monoisotopic (exact) mass is 518 g/mol. The van der Waals surface area contributed by atoms with Crippen LogP contribution in [0.3, 0.4) is 0 Å². The zero-order chi connectivity index (χ0) is 25.4. The van der Waals surface area contributed by atoms with Crippen LogP contribution in [-0.2, 0) is 6.54 Å². The van der Waals surface area contributed by atoms with Crippen molar-refractivity contribution in [3.63, 3.8) is 0 Å². The van der Waals surface area contributed by atoms with E-state index in [9.17, 15) is 10.4 Å². The second kappa shape index (κ2) is 10.4. The first kappa shape index (κ1) is 25.0. The zero-order valence-corrected chi connectivity index (χ0v) is 22.3. The van der Waals surface area contributed by atoms with Gasteiger partial charge in [-0.25, -0.2) is 4.98 Å². The van der Waals surface area contributed by atoms with Gasteiger partial charge in [-0.2, -0.15) is 10.2 Å². The van der Waals surface area contributed by atoms with E-state index >= 15 is 0 Å². The SMILES string of the molecule is N#Cc1cnc(NCc2ccccc2S)nc1NC[C@@]12CC3C[C@H](C1)[C@@H](NC1CCC(O)CC1)[C@@H](C3)C2. The Morgan fingerprint density at radius 3 is 2.54 bits per heavy atom. The van der Waals surface area contributed by atoms with Gasteiger partial charge in [0.1, 0.15) is 17.5 Å². The van der Waals surface area contributed by atoms with Gasteiger partial charge in [0.15, 0.2) is 0 Å². The third-order valence-corrected chi connectivity index (χ3v) is 9.93. The predicted molar refractivity (Wildman–Crippen MR) is 147 cm³/mol. The highest BCUT2D eigenvalue weighted by Crippen LogP contribution is 2.60. The van der Waals surface area contributed by atoms with E-state index in [-0.39, 0.29) is 11.5 Å². The molecule has 0 saturated heterocycles. The number of hydrogen-bond donors (Lipinski definition) is 5. The lowest BCUT2D eigenvalue weighted by molar-refractivity contribution is -0.0737. The van der Waals surface area contributed by atoms with Gasteiger partial charge < -0.3 is 21.1 Å². The topological polar surface area (TPSA) is 106 Å². The van der Waals surface area contributed by atoms with Crippen molar-refractivity contribution in [1.82, 2.24) is 15.3 Å². The van der Waals surface area contributed by atoms with E-state index in [2.05, 4.69) is 39.6 Å².